The molecule has 0 aliphatic carbocycles. The van der Waals surface area contributed by atoms with E-state index in [4.69, 9.17) is 0 Å². The lowest BCUT2D eigenvalue weighted by atomic mass is 10.1. The Kier molecular flexibility index (Phi) is 5.23. The molecular weight excluding hydrogens is 422 g/mol. The van der Waals surface area contributed by atoms with Crippen LogP contribution >= 0.6 is 0 Å². The van der Waals surface area contributed by atoms with Crippen LogP contribution in [0.4, 0.5) is 23.2 Å². The second-order valence-corrected chi connectivity index (χ2v) is 6.72. The zero-order chi connectivity index (χ0) is 22.2. The highest BCUT2D eigenvalue weighted by molar-refractivity contribution is 5.95. The summed E-state index contributed by atoms with van der Waals surface area (Å²) < 4.78 is 55.8. The Morgan fingerprint density at radius 3 is 2.71 bits per heavy atom. The fraction of sp³-hybridized carbons (Fsp3) is 0.211. The van der Waals surface area contributed by atoms with Crippen LogP contribution in [0, 0.1) is 5.82 Å². The Bertz CT molecular complexity index is 1040. The summed E-state index contributed by atoms with van der Waals surface area (Å²) in [4.78, 5) is 29.5. The Labute approximate surface area is 173 Å². The first-order valence-electron chi connectivity index (χ1n) is 9.00. The first-order valence-corrected chi connectivity index (χ1v) is 9.00. The van der Waals surface area contributed by atoms with E-state index in [2.05, 4.69) is 20.5 Å². The van der Waals surface area contributed by atoms with Crippen molar-refractivity contribution in [2.24, 2.45) is 0 Å². The van der Waals surface area contributed by atoms with E-state index >= 15 is 0 Å². The summed E-state index contributed by atoms with van der Waals surface area (Å²) in [5, 5.41) is 3.93. The standard InChI is InChI=1S/C19H15F4N5O3/c20-12-4-11(5-14(6-12)31-19(21,22)23)16-7-15(18(30)27-9-17(29)25-10-27)26-28(16)13-2-1-3-24-8-13/h1-8,15,26H,9-10H2,(H,25,29). The SMILES string of the molecule is O=C1CN(C(=O)C2C=C(c3cc(F)cc(OC(F)(F)F)c3)N(c3cccnc3)N2)CN1. The molecule has 1 unspecified atom stereocenters. The lowest BCUT2D eigenvalue weighted by molar-refractivity contribution is -0.274. The molecule has 0 spiro atoms. The fourth-order valence-corrected chi connectivity index (χ4v) is 3.25. The molecule has 1 fully saturated rings. The normalized spacial score (nSPS) is 18.8. The largest absolute Gasteiger partial charge is 0.573 e. The van der Waals surface area contributed by atoms with Crippen LogP contribution < -0.4 is 20.5 Å². The van der Waals surface area contributed by atoms with Crippen molar-refractivity contribution in [2.75, 3.05) is 18.2 Å². The first-order chi connectivity index (χ1) is 14.7. The van der Waals surface area contributed by atoms with Gasteiger partial charge in [0, 0.05) is 17.8 Å². The van der Waals surface area contributed by atoms with Gasteiger partial charge in [-0.15, -0.1) is 13.2 Å². The highest BCUT2D eigenvalue weighted by Gasteiger charge is 2.36. The quantitative estimate of drug-likeness (QED) is 0.710. The van der Waals surface area contributed by atoms with Gasteiger partial charge in [-0.1, -0.05) is 0 Å². The number of hydrazine groups is 1. The summed E-state index contributed by atoms with van der Waals surface area (Å²) in [6.45, 7) is -0.0773. The number of aromatic nitrogens is 1. The molecule has 8 nitrogen and oxygen atoms in total. The van der Waals surface area contributed by atoms with Gasteiger partial charge in [0.05, 0.1) is 24.2 Å². The Hall–Kier alpha value is -3.67. The predicted molar refractivity (Wildman–Crippen MR) is 99.4 cm³/mol. The van der Waals surface area contributed by atoms with Gasteiger partial charge in [0.1, 0.15) is 24.2 Å². The molecule has 1 aromatic carbocycles. The summed E-state index contributed by atoms with van der Waals surface area (Å²) in [5.74, 6) is -2.43. The van der Waals surface area contributed by atoms with Crippen molar-refractivity contribution in [3.63, 3.8) is 0 Å². The number of carbonyl (C=O) groups excluding carboxylic acids is 2. The predicted octanol–water partition coefficient (Wildman–Crippen LogP) is 1.77. The van der Waals surface area contributed by atoms with Gasteiger partial charge in [0.15, 0.2) is 0 Å². The molecule has 3 heterocycles. The van der Waals surface area contributed by atoms with Crippen molar-refractivity contribution < 1.29 is 31.9 Å². The first kappa shape index (κ1) is 20.6. The second kappa shape index (κ2) is 7.87. The van der Waals surface area contributed by atoms with E-state index in [0.29, 0.717) is 11.8 Å². The van der Waals surface area contributed by atoms with Crippen molar-refractivity contribution in [1.82, 2.24) is 20.6 Å². The van der Waals surface area contributed by atoms with E-state index < -0.39 is 29.9 Å². The van der Waals surface area contributed by atoms with Crippen LogP contribution in [0.3, 0.4) is 0 Å². The molecule has 1 atom stereocenters. The molecule has 0 saturated carbocycles. The van der Waals surface area contributed by atoms with E-state index in [-0.39, 0.29) is 30.4 Å². The van der Waals surface area contributed by atoms with Gasteiger partial charge in [0.25, 0.3) is 0 Å². The van der Waals surface area contributed by atoms with Gasteiger partial charge >= 0.3 is 6.36 Å². The van der Waals surface area contributed by atoms with Crippen molar-refractivity contribution in [2.45, 2.75) is 12.4 Å². The molecule has 1 aromatic heterocycles. The molecule has 2 aliphatic heterocycles. The van der Waals surface area contributed by atoms with Crippen LogP contribution in [-0.4, -0.2) is 47.3 Å². The van der Waals surface area contributed by atoms with Crippen molar-refractivity contribution >= 4 is 23.2 Å². The molecule has 2 aliphatic rings. The number of ether oxygens (including phenoxy) is 1. The Balaban J connectivity index is 1.71. The van der Waals surface area contributed by atoms with E-state index in [1.165, 1.54) is 28.4 Å². The number of nitrogens with zero attached hydrogens (tertiary/aromatic N) is 3. The number of hydrogen-bond donors (Lipinski definition) is 2. The minimum Gasteiger partial charge on any atom is -0.406 e. The lowest BCUT2D eigenvalue weighted by Gasteiger charge is -2.25. The number of rotatable bonds is 4. The van der Waals surface area contributed by atoms with Gasteiger partial charge in [0.2, 0.25) is 11.8 Å². The number of carbonyl (C=O) groups is 2. The number of pyridine rings is 1. The topological polar surface area (TPSA) is 86.8 Å². The molecule has 2 amide bonds. The minimum absolute atomic E-state index is 0.0372. The maximum Gasteiger partial charge on any atom is 0.573 e. The summed E-state index contributed by atoms with van der Waals surface area (Å²) in [6.07, 6.45) is -0.583. The van der Waals surface area contributed by atoms with E-state index in [9.17, 15) is 27.2 Å². The highest BCUT2D eigenvalue weighted by atomic mass is 19.4. The van der Waals surface area contributed by atoms with Crippen LogP contribution in [0.1, 0.15) is 5.56 Å². The third-order valence-corrected chi connectivity index (χ3v) is 4.52. The maximum atomic E-state index is 14.1. The molecule has 1 saturated heterocycles. The van der Waals surface area contributed by atoms with E-state index in [1.807, 2.05) is 0 Å². The van der Waals surface area contributed by atoms with Crippen LogP contribution in [0.5, 0.6) is 5.75 Å². The number of amides is 2. The van der Waals surface area contributed by atoms with Crippen LogP contribution in [-0.2, 0) is 9.59 Å². The van der Waals surface area contributed by atoms with Gasteiger partial charge < -0.3 is 15.0 Å². The zero-order valence-corrected chi connectivity index (χ0v) is 15.7. The lowest BCUT2D eigenvalue weighted by Crippen LogP contribution is -2.47. The number of anilines is 1. The van der Waals surface area contributed by atoms with Gasteiger partial charge in [-0.3, -0.25) is 19.6 Å². The molecule has 4 rings (SSSR count). The Morgan fingerprint density at radius 2 is 2.06 bits per heavy atom. The highest BCUT2D eigenvalue weighted by Crippen LogP contribution is 2.33. The van der Waals surface area contributed by atoms with Crippen molar-refractivity contribution in [1.29, 1.82) is 0 Å². The van der Waals surface area contributed by atoms with Crippen LogP contribution in [0.15, 0.2) is 48.8 Å². The zero-order valence-electron chi connectivity index (χ0n) is 15.7. The third-order valence-electron chi connectivity index (χ3n) is 4.52. The number of alkyl halides is 3. The summed E-state index contributed by atoms with van der Waals surface area (Å²) >= 11 is 0. The van der Waals surface area contributed by atoms with Crippen LogP contribution in [0.25, 0.3) is 5.70 Å². The molecule has 0 radical (unpaired) electrons. The monoisotopic (exact) mass is 437 g/mol. The number of halogens is 4. The molecule has 2 aromatic rings. The molecule has 31 heavy (non-hydrogen) atoms. The average Bonchev–Trinajstić information content (AvgIpc) is 3.33. The maximum absolute atomic E-state index is 14.1. The average molecular weight is 437 g/mol. The minimum atomic E-state index is -5.00. The summed E-state index contributed by atoms with van der Waals surface area (Å²) in [6, 6.07) is 4.97. The van der Waals surface area contributed by atoms with Gasteiger partial charge in [-0.05, 0) is 30.3 Å². The molecule has 12 heteroatoms. The molecule has 162 valence electrons. The number of benzene rings is 1. The number of nitrogens with one attached hydrogen (secondary N) is 2. The number of hydrogen-bond acceptors (Lipinski definition) is 6. The van der Waals surface area contributed by atoms with Gasteiger partial charge in [-0.2, -0.15) is 0 Å². The van der Waals surface area contributed by atoms with E-state index in [1.54, 1.807) is 12.1 Å². The van der Waals surface area contributed by atoms with E-state index in [0.717, 1.165) is 12.1 Å². The molecule has 0 bridgehead atoms. The van der Waals surface area contributed by atoms with Crippen molar-refractivity contribution in [3.8, 4) is 5.75 Å². The summed E-state index contributed by atoms with van der Waals surface area (Å²) in [5.41, 5.74) is 3.64. The van der Waals surface area contributed by atoms with Crippen LogP contribution in [0.2, 0.25) is 0 Å². The Morgan fingerprint density at radius 1 is 1.26 bits per heavy atom. The second-order valence-electron chi connectivity index (χ2n) is 6.72. The smallest absolute Gasteiger partial charge is 0.406 e. The molecular formula is C19H15F4N5O3. The third kappa shape index (κ3) is 4.58. The van der Waals surface area contributed by atoms with Gasteiger partial charge in [-0.25, -0.2) is 9.82 Å². The molecule has 2 N–H and O–H groups in total. The summed E-state index contributed by atoms with van der Waals surface area (Å²) in [7, 11) is 0. The van der Waals surface area contributed by atoms with Crippen molar-refractivity contribution in [3.05, 3.63) is 60.2 Å². The fourth-order valence-electron chi connectivity index (χ4n) is 3.25.